The van der Waals surface area contributed by atoms with Gasteiger partial charge in [0.15, 0.2) is 0 Å². The molecule has 0 bridgehead atoms. The van der Waals surface area contributed by atoms with Crippen molar-refractivity contribution in [3.05, 3.63) is 0 Å². The van der Waals surface area contributed by atoms with E-state index in [2.05, 4.69) is 24.0 Å². The van der Waals surface area contributed by atoms with Crippen LogP contribution in [0.4, 0.5) is 0 Å². The molecule has 60 valence electrons. The summed E-state index contributed by atoms with van der Waals surface area (Å²) in [6, 6.07) is 0. The molecule has 0 saturated carbocycles. The van der Waals surface area contributed by atoms with Crippen LogP contribution in [0.1, 0.15) is 19.8 Å². The van der Waals surface area contributed by atoms with E-state index in [1.54, 1.807) is 0 Å². The van der Waals surface area contributed by atoms with Gasteiger partial charge in [0.1, 0.15) is 0 Å². The third-order valence-corrected chi connectivity index (χ3v) is 1.77. The maximum absolute atomic E-state index is 3.88. The molecule has 2 nitrogen and oxygen atoms in total. The van der Waals surface area contributed by atoms with Crippen molar-refractivity contribution in [2.24, 2.45) is 10.9 Å². The molecule has 0 heterocycles. The van der Waals surface area contributed by atoms with Gasteiger partial charge in [-0.2, -0.15) is 0 Å². The van der Waals surface area contributed by atoms with E-state index in [4.69, 9.17) is 0 Å². The molecule has 2 heteroatoms. The number of nitrogens with zero attached hydrogens (tertiary/aromatic N) is 1. The molecular weight excluding hydrogens is 124 g/mol. The van der Waals surface area contributed by atoms with E-state index in [-0.39, 0.29) is 0 Å². The van der Waals surface area contributed by atoms with Crippen molar-refractivity contribution in [1.82, 2.24) is 5.32 Å². The van der Waals surface area contributed by atoms with Gasteiger partial charge in [-0.15, -0.1) is 0 Å². The Bertz CT molecular complexity index is 81.3. The molecule has 0 aromatic carbocycles. The summed E-state index contributed by atoms with van der Waals surface area (Å²) in [6.07, 6.45) is 2.42. The van der Waals surface area contributed by atoms with Crippen LogP contribution < -0.4 is 5.32 Å². The highest BCUT2D eigenvalue weighted by Crippen LogP contribution is 2.06. The van der Waals surface area contributed by atoms with Gasteiger partial charge in [0.25, 0.3) is 0 Å². The summed E-state index contributed by atoms with van der Waals surface area (Å²) in [5.74, 6) is 0.727. The molecule has 0 spiro atoms. The van der Waals surface area contributed by atoms with Crippen molar-refractivity contribution in [2.75, 3.05) is 20.1 Å². The zero-order chi connectivity index (χ0) is 7.82. The molecule has 0 radical (unpaired) electrons. The first-order valence-electron chi connectivity index (χ1n) is 3.92. The Morgan fingerprint density at radius 3 is 2.70 bits per heavy atom. The van der Waals surface area contributed by atoms with E-state index < -0.39 is 0 Å². The van der Waals surface area contributed by atoms with Gasteiger partial charge in [0, 0.05) is 6.54 Å². The van der Waals surface area contributed by atoms with E-state index in [9.17, 15) is 0 Å². The minimum Gasteiger partial charge on any atom is -0.320 e. The fraction of sp³-hybridized carbons (Fsp3) is 0.875. The summed E-state index contributed by atoms with van der Waals surface area (Å²) in [4.78, 5) is 3.88. The second kappa shape index (κ2) is 6.75. The number of hydrogen-bond acceptors (Lipinski definition) is 2. The summed E-state index contributed by atoms with van der Waals surface area (Å²) in [6.45, 7) is 7.69. The number of hydrogen-bond donors (Lipinski definition) is 1. The maximum atomic E-state index is 3.88. The molecule has 0 aromatic heterocycles. The van der Waals surface area contributed by atoms with Crippen LogP contribution in [0, 0.1) is 5.92 Å². The second-order valence-electron chi connectivity index (χ2n) is 2.57. The molecule has 0 aliphatic heterocycles. The summed E-state index contributed by atoms with van der Waals surface area (Å²) in [7, 11) is 1.98. The zero-order valence-electron chi connectivity index (χ0n) is 7.06. The quantitative estimate of drug-likeness (QED) is 0.556. The fourth-order valence-electron chi connectivity index (χ4n) is 0.956. The van der Waals surface area contributed by atoms with Crippen molar-refractivity contribution < 1.29 is 0 Å². The molecule has 0 saturated heterocycles. The standard InChI is InChI=1S/C8H18N2/c1-4-8(7-10-3)5-6-9-2/h8-9H,3-7H2,1-2H3. The van der Waals surface area contributed by atoms with Gasteiger partial charge >= 0.3 is 0 Å². The van der Waals surface area contributed by atoms with Gasteiger partial charge in [-0.25, -0.2) is 0 Å². The Hall–Kier alpha value is -0.370. The van der Waals surface area contributed by atoms with Crippen LogP contribution in [0.25, 0.3) is 0 Å². The van der Waals surface area contributed by atoms with Crippen LogP contribution in [0.3, 0.4) is 0 Å². The van der Waals surface area contributed by atoms with Gasteiger partial charge in [-0.3, -0.25) is 0 Å². The van der Waals surface area contributed by atoms with Crippen LogP contribution in [-0.4, -0.2) is 26.9 Å². The third kappa shape index (κ3) is 4.50. The predicted octanol–water partition coefficient (Wildman–Crippen LogP) is 1.32. The topological polar surface area (TPSA) is 24.4 Å². The van der Waals surface area contributed by atoms with E-state index in [1.165, 1.54) is 12.8 Å². The van der Waals surface area contributed by atoms with E-state index >= 15 is 0 Å². The first kappa shape index (κ1) is 9.63. The van der Waals surface area contributed by atoms with Crippen LogP contribution in [-0.2, 0) is 0 Å². The minimum absolute atomic E-state index is 0.727. The number of nitrogens with one attached hydrogen (secondary N) is 1. The van der Waals surface area contributed by atoms with Gasteiger partial charge in [0.2, 0.25) is 0 Å². The average Bonchev–Trinajstić information content (AvgIpc) is 1.98. The molecule has 0 amide bonds. The van der Waals surface area contributed by atoms with Crippen molar-refractivity contribution in [3.63, 3.8) is 0 Å². The Labute approximate surface area is 63.7 Å². The Kier molecular flexibility index (Phi) is 6.50. The zero-order valence-corrected chi connectivity index (χ0v) is 7.06. The van der Waals surface area contributed by atoms with Crippen LogP contribution in [0.2, 0.25) is 0 Å². The highest BCUT2D eigenvalue weighted by molar-refractivity contribution is 5.23. The van der Waals surface area contributed by atoms with E-state index in [1.807, 2.05) is 7.05 Å². The van der Waals surface area contributed by atoms with Gasteiger partial charge in [-0.05, 0) is 32.6 Å². The smallest absolute Gasteiger partial charge is 0.0410 e. The lowest BCUT2D eigenvalue weighted by molar-refractivity contribution is 0.473. The molecule has 1 atom stereocenters. The van der Waals surface area contributed by atoms with Crippen molar-refractivity contribution in [3.8, 4) is 0 Å². The van der Waals surface area contributed by atoms with E-state index in [0.717, 1.165) is 19.0 Å². The van der Waals surface area contributed by atoms with Crippen molar-refractivity contribution >= 4 is 6.72 Å². The summed E-state index contributed by atoms with van der Waals surface area (Å²) in [5, 5.41) is 3.13. The normalized spacial score (nSPS) is 13.0. The molecule has 10 heavy (non-hydrogen) atoms. The summed E-state index contributed by atoms with van der Waals surface area (Å²) >= 11 is 0. The average molecular weight is 142 g/mol. The highest BCUT2D eigenvalue weighted by Gasteiger charge is 2.02. The number of rotatable bonds is 6. The van der Waals surface area contributed by atoms with E-state index in [0.29, 0.717) is 0 Å². The second-order valence-corrected chi connectivity index (χ2v) is 2.57. The van der Waals surface area contributed by atoms with Crippen LogP contribution in [0.15, 0.2) is 4.99 Å². The Morgan fingerprint density at radius 1 is 1.60 bits per heavy atom. The first-order valence-corrected chi connectivity index (χ1v) is 3.92. The van der Waals surface area contributed by atoms with Gasteiger partial charge in [0.05, 0.1) is 0 Å². The third-order valence-electron chi connectivity index (χ3n) is 1.77. The van der Waals surface area contributed by atoms with Crippen molar-refractivity contribution in [1.29, 1.82) is 0 Å². The molecule has 1 N–H and O–H groups in total. The SMILES string of the molecule is C=NCC(CC)CCNC. The summed E-state index contributed by atoms with van der Waals surface area (Å²) < 4.78 is 0. The molecular formula is C8H18N2. The number of aliphatic imine (C=N–C) groups is 1. The largest absolute Gasteiger partial charge is 0.320 e. The van der Waals surface area contributed by atoms with Crippen LogP contribution in [0.5, 0.6) is 0 Å². The molecule has 0 fully saturated rings. The molecule has 0 rings (SSSR count). The molecule has 0 aliphatic rings. The minimum atomic E-state index is 0.727. The van der Waals surface area contributed by atoms with Gasteiger partial charge in [-0.1, -0.05) is 13.3 Å². The Balaban J connectivity index is 3.29. The van der Waals surface area contributed by atoms with Gasteiger partial charge < -0.3 is 10.3 Å². The van der Waals surface area contributed by atoms with Crippen molar-refractivity contribution in [2.45, 2.75) is 19.8 Å². The predicted molar refractivity (Wildman–Crippen MR) is 46.7 cm³/mol. The fourth-order valence-corrected chi connectivity index (χ4v) is 0.956. The molecule has 1 unspecified atom stereocenters. The first-order chi connectivity index (χ1) is 4.85. The maximum Gasteiger partial charge on any atom is 0.0410 e. The lowest BCUT2D eigenvalue weighted by Crippen LogP contribution is -2.14. The lowest BCUT2D eigenvalue weighted by atomic mass is 10.0. The lowest BCUT2D eigenvalue weighted by Gasteiger charge is -2.10. The molecule has 0 aromatic rings. The van der Waals surface area contributed by atoms with Crippen LogP contribution >= 0.6 is 0 Å². The monoisotopic (exact) mass is 142 g/mol. The summed E-state index contributed by atoms with van der Waals surface area (Å²) in [5.41, 5.74) is 0. The molecule has 0 aliphatic carbocycles. The highest BCUT2D eigenvalue weighted by atomic mass is 14.8. The Morgan fingerprint density at radius 2 is 2.30 bits per heavy atom.